The number of fused-ring (bicyclic) bond motifs is 1. The van der Waals surface area contributed by atoms with E-state index in [-0.39, 0.29) is 16.7 Å². The molecule has 0 unspecified atom stereocenters. The van der Waals surface area contributed by atoms with Crippen molar-refractivity contribution in [3.63, 3.8) is 0 Å². The Balaban J connectivity index is 2.15. The number of hydrogen-bond donors (Lipinski definition) is 1. The maximum absolute atomic E-state index is 11.5. The van der Waals surface area contributed by atoms with Crippen LogP contribution in [0.15, 0.2) is 29.2 Å². The van der Waals surface area contributed by atoms with Crippen molar-refractivity contribution >= 4 is 17.7 Å². The first-order chi connectivity index (χ1) is 11.9. The molecule has 0 amide bonds. The van der Waals surface area contributed by atoms with Crippen molar-refractivity contribution < 1.29 is 9.90 Å². The molecule has 3 nitrogen and oxygen atoms in total. The lowest BCUT2D eigenvalue weighted by Gasteiger charge is -2.32. The van der Waals surface area contributed by atoms with Crippen LogP contribution in [0.3, 0.4) is 0 Å². The highest BCUT2D eigenvalue weighted by atomic mass is 32.2. The lowest BCUT2D eigenvalue weighted by molar-refractivity contribution is 0.0695. The normalized spacial score (nSPS) is 15.3. The molecule has 1 aromatic heterocycles. The van der Waals surface area contributed by atoms with Gasteiger partial charge in [-0.3, -0.25) is 0 Å². The van der Waals surface area contributed by atoms with Crippen LogP contribution in [-0.2, 0) is 11.8 Å². The fraction of sp³-hybridized carbons (Fsp3) is 0.333. The minimum absolute atomic E-state index is 0.141. The molecule has 0 fully saturated rings. The maximum atomic E-state index is 11.5. The number of carbonyl (C=O) groups is 1. The van der Waals surface area contributed by atoms with Gasteiger partial charge < -0.3 is 5.11 Å². The quantitative estimate of drug-likeness (QED) is 0.810. The van der Waals surface area contributed by atoms with E-state index in [0.717, 1.165) is 29.0 Å². The number of carboxylic acids is 1. The molecule has 1 aromatic carbocycles. The molecule has 128 valence electrons. The van der Waals surface area contributed by atoms with Crippen molar-refractivity contribution in [1.29, 1.82) is 0 Å². The number of aromatic nitrogens is 1. The zero-order valence-corrected chi connectivity index (χ0v) is 15.5. The third-order valence-electron chi connectivity index (χ3n) is 4.82. The Labute approximate surface area is 152 Å². The predicted octanol–water partition coefficient (Wildman–Crippen LogP) is 4.76. The molecule has 1 aliphatic heterocycles. The summed E-state index contributed by atoms with van der Waals surface area (Å²) in [6.45, 7) is 6.48. The summed E-state index contributed by atoms with van der Waals surface area (Å²) >= 11 is 1.87. The highest BCUT2D eigenvalue weighted by Gasteiger charge is 2.28. The van der Waals surface area contributed by atoms with Gasteiger partial charge in [0.1, 0.15) is 5.69 Å². The van der Waals surface area contributed by atoms with Crippen molar-refractivity contribution in [1.82, 2.24) is 4.98 Å². The maximum Gasteiger partial charge on any atom is 0.338 e. The van der Waals surface area contributed by atoms with E-state index >= 15 is 0 Å². The Morgan fingerprint density at radius 1 is 1.40 bits per heavy atom. The van der Waals surface area contributed by atoms with Crippen LogP contribution in [-0.4, -0.2) is 21.8 Å². The Bertz CT molecular complexity index is 893. The zero-order chi connectivity index (χ0) is 18.2. The second-order valence-corrected chi connectivity index (χ2v) is 8.02. The van der Waals surface area contributed by atoms with Gasteiger partial charge in [-0.25, -0.2) is 9.78 Å². The van der Waals surface area contributed by atoms with Gasteiger partial charge in [-0.15, -0.1) is 18.2 Å². The van der Waals surface area contributed by atoms with Gasteiger partial charge in [0.25, 0.3) is 0 Å². The van der Waals surface area contributed by atoms with Crippen molar-refractivity contribution in [2.45, 2.75) is 43.9 Å². The standard InChI is InChI=1S/C21H21NO2S/c1-5-13-11-17(22-16(6-2)19(13)20(23)24)14-7-8-15-18(12-14)25-10-9-21(15,3)4/h2,7-8,11-12H,5,9-10H2,1,3-4H3,(H,23,24). The predicted molar refractivity (Wildman–Crippen MR) is 102 cm³/mol. The van der Waals surface area contributed by atoms with Crippen molar-refractivity contribution in [2.24, 2.45) is 0 Å². The summed E-state index contributed by atoms with van der Waals surface area (Å²) in [4.78, 5) is 17.3. The number of pyridine rings is 1. The SMILES string of the molecule is C#Cc1nc(-c2ccc3c(c2)SCCC3(C)C)cc(CC)c1C(=O)O. The van der Waals surface area contributed by atoms with E-state index in [9.17, 15) is 9.90 Å². The van der Waals surface area contributed by atoms with Gasteiger partial charge in [0.2, 0.25) is 0 Å². The number of benzene rings is 1. The lowest BCUT2D eigenvalue weighted by atomic mass is 9.81. The van der Waals surface area contributed by atoms with E-state index in [0.29, 0.717) is 6.42 Å². The van der Waals surface area contributed by atoms with E-state index in [1.165, 1.54) is 10.5 Å². The Morgan fingerprint density at radius 3 is 2.80 bits per heavy atom. The number of carboxylic acid groups (broad SMARTS) is 1. The molecule has 4 heteroatoms. The molecule has 0 saturated carbocycles. The van der Waals surface area contributed by atoms with Gasteiger partial charge in [-0.2, -0.15) is 0 Å². The van der Waals surface area contributed by atoms with Crippen molar-refractivity contribution in [2.75, 3.05) is 5.75 Å². The number of nitrogens with zero attached hydrogens (tertiary/aromatic N) is 1. The monoisotopic (exact) mass is 351 g/mol. The summed E-state index contributed by atoms with van der Waals surface area (Å²) in [5.74, 6) is 2.52. The molecule has 3 rings (SSSR count). The molecule has 0 atom stereocenters. The molecular formula is C21H21NO2S. The van der Waals surface area contributed by atoms with Gasteiger partial charge in [-0.05, 0) is 53.2 Å². The topological polar surface area (TPSA) is 50.2 Å². The van der Waals surface area contributed by atoms with Crippen LogP contribution in [0.4, 0.5) is 0 Å². The summed E-state index contributed by atoms with van der Waals surface area (Å²) in [5.41, 5.74) is 4.32. The highest BCUT2D eigenvalue weighted by molar-refractivity contribution is 7.99. The van der Waals surface area contributed by atoms with Gasteiger partial charge in [0.15, 0.2) is 0 Å². The molecule has 1 N–H and O–H groups in total. The van der Waals surface area contributed by atoms with Gasteiger partial charge in [-0.1, -0.05) is 32.9 Å². The average Bonchev–Trinajstić information content (AvgIpc) is 2.59. The third-order valence-corrected chi connectivity index (χ3v) is 5.88. The van der Waals surface area contributed by atoms with Crippen LogP contribution < -0.4 is 0 Å². The summed E-state index contributed by atoms with van der Waals surface area (Å²) in [6, 6.07) is 8.24. The first-order valence-corrected chi connectivity index (χ1v) is 9.37. The summed E-state index contributed by atoms with van der Waals surface area (Å²) in [5, 5.41) is 9.45. The van der Waals surface area contributed by atoms with Crippen LogP contribution in [0.1, 0.15) is 54.4 Å². The van der Waals surface area contributed by atoms with Crippen molar-refractivity contribution in [3.8, 4) is 23.6 Å². The van der Waals surface area contributed by atoms with Crippen molar-refractivity contribution in [3.05, 3.63) is 46.6 Å². The first-order valence-electron chi connectivity index (χ1n) is 8.39. The minimum Gasteiger partial charge on any atom is -0.478 e. The van der Waals surface area contributed by atoms with E-state index in [1.807, 2.05) is 24.8 Å². The molecule has 0 radical (unpaired) electrons. The van der Waals surface area contributed by atoms with Gasteiger partial charge in [0, 0.05) is 10.5 Å². The molecule has 2 heterocycles. The highest BCUT2D eigenvalue weighted by Crippen LogP contribution is 2.42. The second kappa shape index (κ2) is 6.57. The van der Waals surface area contributed by atoms with Gasteiger partial charge >= 0.3 is 5.97 Å². The number of rotatable bonds is 3. The summed E-state index contributed by atoms with van der Waals surface area (Å²) in [7, 11) is 0. The number of terminal acetylenes is 1. The Kier molecular flexibility index (Phi) is 4.62. The van der Waals surface area contributed by atoms with E-state index < -0.39 is 5.97 Å². The van der Waals surface area contributed by atoms with Crippen LogP contribution in [0, 0.1) is 12.3 Å². The largest absolute Gasteiger partial charge is 0.478 e. The molecular weight excluding hydrogens is 330 g/mol. The van der Waals surface area contributed by atoms with Crippen LogP contribution in [0.2, 0.25) is 0 Å². The number of aromatic carboxylic acids is 1. The van der Waals surface area contributed by atoms with E-state index in [2.05, 4.69) is 43.0 Å². The third kappa shape index (κ3) is 3.17. The molecule has 1 aliphatic rings. The fourth-order valence-electron chi connectivity index (χ4n) is 3.28. The smallest absolute Gasteiger partial charge is 0.338 e. The summed E-state index contributed by atoms with van der Waals surface area (Å²) < 4.78 is 0. The average molecular weight is 351 g/mol. The molecule has 0 bridgehead atoms. The summed E-state index contributed by atoms with van der Waals surface area (Å²) in [6.07, 6.45) is 7.28. The first kappa shape index (κ1) is 17.6. The van der Waals surface area contributed by atoms with E-state index in [1.54, 1.807) is 0 Å². The Morgan fingerprint density at radius 2 is 2.16 bits per heavy atom. The molecule has 2 aromatic rings. The van der Waals surface area contributed by atoms with Crippen LogP contribution in [0.5, 0.6) is 0 Å². The van der Waals surface area contributed by atoms with Gasteiger partial charge in [0.05, 0.1) is 11.3 Å². The fourth-order valence-corrected chi connectivity index (χ4v) is 4.82. The molecule has 0 saturated heterocycles. The number of thioether (sulfide) groups is 1. The molecule has 0 spiro atoms. The number of aryl methyl sites for hydroxylation is 1. The molecule has 0 aliphatic carbocycles. The number of hydrogen-bond acceptors (Lipinski definition) is 3. The lowest BCUT2D eigenvalue weighted by Crippen LogP contribution is -2.22. The zero-order valence-electron chi connectivity index (χ0n) is 14.7. The Hall–Kier alpha value is -2.25. The van der Waals surface area contributed by atoms with E-state index in [4.69, 9.17) is 6.42 Å². The second-order valence-electron chi connectivity index (χ2n) is 6.89. The van der Waals surface area contributed by atoms with Crippen LogP contribution >= 0.6 is 11.8 Å². The molecule has 25 heavy (non-hydrogen) atoms. The minimum atomic E-state index is -1.02. The van der Waals surface area contributed by atoms with Crippen LogP contribution in [0.25, 0.3) is 11.3 Å².